The quantitative estimate of drug-likeness (QED) is 0.158. The summed E-state index contributed by atoms with van der Waals surface area (Å²) < 4.78 is 1.67. The summed E-state index contributed by atoms with van der Waals surface area (Å²) in [6.45, 7) is 5.54. The number of carbonyl (C=O) groups is 2. The monoisotopic (exact) mass is 551 g/mol. The van der Waals surface area contributed by atoms with Crippen LogP contribution in [0.3, 0.4) is 0 Å². The lowest BCUT2D eigenvalue weighted by atomic mass is 10.0. The number of aryl methyl sites for hydroxylation is 2. The van der Waals surface area contributed by atoms with Gasteiger partial charge in [0.1, 0.15) is 11.5 Å². The minimum Gasteiger partial charge on any atom is -0.383 e. The van der Waals surface area contributed by atoms with E-state index in [1.165, 1.54) is 5.56 Å². The van der Waals surface area contributed by atoms with Gasteiger partial charge in [0.25, 0.3) is 11.7 Å². The predicted molar refractivity (Wildman–Crippen MR) is 163 cm³/mol. The number of hydrogen-bond donors (Lipinski definition) is 2. The van der Waals surface area contributed by atoms with Gasteiger partial charge in [-0.15, -0.1) is 0 Å². The summed E-state index contributed by atoms with van der Waals surface area (Å²) in [4.78, 5) is 33.3. The van der Waals surface area contributed by atoms with E-state index < -0.39 is 11.7 Å². The molecule has 40 heavy (non-hydrogen) atoms. The smallest absolute Gasteiger partial charge is 0.298 e. The van der Waals surface area contributed by atoms with Crippen LogP contribution in [0.1, 0.15) is 21.7 Å². The lowest BCUT2D eigenvalue weighted by Gasteiger charge is -2.20. The first kappa shape index (κ1) is 27.0. The first-order valence-electron chi connectivity index (χ1n) is 13.0. The molecule has 0 bridgehead atoms. The van der Waals surface area contributed by atoms with Gasteiger partial charge in [0, 0.05) is 54.5 Å². The van der Waals surface area contributed by atoms with Crippen molar-refractivity contribution in [1.29, 1.82) is 0 Å². The molecule has 0 fully saturated rings. The molecule has 3 aromatic heterocycles. The van der Waals surface area contributed by atoms with Crippen LogP contribution in [0, 0.1) is 13.8 Å². The van der Waals surface area contributed by atoms with Gasteiger partial charge in [0.05, 0.1) is 5.02 Å². The van der Waals surface area contributed by atoms with E-state index in [0.29, 0.717) is 22.8 Å². The van der Waals surface area contributed by atoms with Crippen molar-refractivity contribution in [3.63, 3.8) is 0 Å². The van der Waals surface area contributed by atoms with Gasteiger partial charge in [-0.1, -0.05) is 41.9 Å². The molecule has 3 heterocycles. The minimum absolute atomic E-state index is 0.266. The van der Waals surface area contributed by atoms with Crippen LogP contribution in [0.2, 0.25) is 5.02 Å². The molecule has 0 aliphatic carbocycles. The SMILES string of the molecule is Cc1cc(C)nc(N(C)CCNc2ccc(NC(=O)C(=O)c3c(-c4ccccc4)cc4ccc(Cl)cn34)cc2)c1. The molecule has 202 valence electrons. The summed E-state index contributed by atoms with van der Waals surface area (Å²) in [6.07, 6.45) is 1.65. The Morgan fingerprint density at radius 2 is 1.65 bits per heavy atom. The summed E-state index contributed by atoms with van der Waals surface area (Å²) in [7, 11) is 2.02. The van der Waals surface area contributed by atoms with E-state index in [2.05, 4.69) is 39.6 Å². The van der Waals surface area contributed by atoms with Crippen molar-refractivity contribution < 1.29 is 9.59 Å². The van der Waals surface area contributed by atoms with Crippen LogP contribution in [0.25, 0.3) is 16.6 Å². The number of anilines is 3. The zero-order chi connectivity index (χ0) is 28.2. The number of pyridine rings is 2. The first-order valence-corrected chi connectivity index (χ1v) is 13.4. The highest BCUT2D eigenvalue weighted by Gasteiger charge is 2.25. The number of Topliss-reactive ketones (excluding diaryl/α,β-unsaturated/α-hetero) is 1. The molecular weight excluding hydrogens is 522 g/mol. The molecule has 5 aromatic rings. The average Bonchev–Trinajstić information content (AvgIpc) is 3.32. The minimum atomic E-state index is -0.722. The molecule has 0 aliphatic rings. The van der Waals surface area contributed by atoms with Gasteiger partial charge in [-0.05, 0) is 79.6 Å². The molecule has 0 unspecified atom stereocenters. The maximum atomic E-state index is 13.5. The van der Waals surface area contributed by atoms with E-state index in [1.54, 1.807) is 28.8 Å². The van der Waals surface area contributed by atoms with Crippen LogP contribution in [0.5, 0.6) is 0 Å². The van der Waals surface area contributed by atoms with Gasteiger partial charge in [-0.3, -0.25) is 9.59 Å². The average molecular weight is 552 g/mol. The Balaban J connectivity index is 1.25. The van der Waals surface area contributed by atoms with E-state index in [0.717, 1.165) is 34.8 Å². The molecule has 7 nitrogen and oxygen atoms in total. The number of likely N-dealkylation sites (N-methyl/N-ethyl adjacent to an activating group) is 1. The van der Waals surface area contributed by atoms with Crippen molar-refractivity contribution in [1.82, 2.24) is 9.38 Å². The second kappa shape index (κ2) is 11.6. The normalized spacial score (nSPS) is 10.9. The van der Waals surface area contributed by atoms with Crippen LogP contribution in [0.15, 0.2) is 91.1 Å². The summed E-state index contributed by atoms with van der Waals surface area (Å²) >= 11 is 6.23. The van der Waals surface area contributed by atoms with Gasteiger partial charge in [-0.2, -0.15) is 0 Å². The molecule has 0 saturated heterocycles. The van der Waals surface area contributed by atoms with Crippen molar-refractivity contribution in [2.24, 2.45) is 0 Å². The van der Waals surface area contributed by atoms with Crippen LogP contribution in [-0.2, 0) is 4.79 Å². The largest absolute Gasteiger partial charge is 0.383 e. The van der Waals surface area contributed by atoms with Crippen LogP contribution in [0.4, 0.5) is 17.2 Å². The second-order valence-electron chi connectivity index (χ2n) is 9.77. The van der Waals surface area contributed by atoms with Gasteiger partial charge in [-0.25, -0.2) is 4.98 Å². The number of carbonyl (C=O) groups excluding carboxylic acids is 2. The third kappa shape index (κ3) is 6.00. The Kier molecular flexibility index (Phi) is 7.84. The Morgan fingerprint density at radius 3 is 2.38 bits per heavy atom. The highest BCUT2D eigenvalue weighted by molar-refractivity contribution is 6.47. The van der Waals surface area contributed by atoms with Gasteiger partial charge < -0.3 is 19.9 Å². The molecule has 0 atom stereocenters. The van der Waals surface area contributed by atoms with E-state index in [4.69, 9.17) is 11.6 Å². The number of aromatic nitrogens is 2. The fourth-order valence-corrected chi connectivity index (χ4v) is 4.84. The fraction of sp³-hybridized carbons (Fsp3) is 0.156. The van der Waals surface area contributed by atoms with E-state index >= 15 is 0 Å². The molecule has 0 spiro atoms. The molecule has 8 heteroatoms. The zero-order valence-electron chi connectivity index (χ0n) is 22.6. The maximum absolute atomic E-state index is 13.5. The lowest BCUT2D eigenvalue weighted by molar-refractivity contribution is -0.112. The van der Waals surface area contributed by atoms with Crippen molar-refractivity contribution in [3.8, 4) is 11.1 Å². The number of ketones is 1. The van der Waals surface area contributed by atoms with Crippen molar-refractivity contribution in [3.05, 3.63) is 113 Å². The van der Waals surface area contributed by atoms with E-state index in [9.17, 15) is 9.59 Å². The molecule has 0 saturated carbocycles. The maximum Gasteiger partial charge on any atom is 0.298 e. The molecule has 1 amide bonds. The zero-order valence-corrected chi connectivity index (χ0v) is 23.4. The predicted octanol–water partition coefficient (Wildman–Crippen LogP) is 6.64. The number of amides is 1. The van der Waals surface area contributed by atoms with Crippen LogP contribution >= 0.6 is 11.6 Å². The van der Waals surface area contributed by atoms with Crippen molar-refractivity contribution in [2.45, 2.75) is 13.8 Å². The Bertz CT molecular complexity index is 1660. The molecule has 2 aromatic carbocycles. The van der Waals surface area contributed by atoms with Crippen molar-refractivity contribution >= 4 is 46.0 Å². The van der Waals surface area contributed by atoms with Crippen LogP contribution < -0.4 is 15.5 Å². The molecule has 0 radical (unpaired) electrons. The number of halogens is 1. The molecule has 5 rings (SSSR count). The molecular formula is C32H30ClN5O2. The van der Waals surface area contributed by atoms with Gasteiger partial charge in [0.2, 0.25) is 0 Å². The van der Waals surface area contributed by atoms with Crippen LogP contribution in [-0.4, -0.2) is 41.2 Å². The Labute approximate surface area is 238 Å². The standard InChI is InChI=1S/C32H30ClN5O2/c1-21-17-22(2)35-29(18-21)37(3)16-15-34-25-10-12-26(13-11-25)36-32(40)31(39)30-28(23-7-5-4-6-8-23)19-27-14-9-24(33)20-38(27)30/h4-14,17-20,34H,15-16H2,1-3H3,(H,36,40). The summed E-state index contributed by atoms with van der Waals surface area (Å²) in [5, 5.41) is 6.60. The molecule has 0 aliphatic heterocycles. The van der Waals surface area contributed by atoms with Gasteiger partial charge >= 0.3 is 0 Å². The first-order chi connectivity index (χ1) is 19.3. The number of nitrogens with zero attached hydrogens (tertiary/aromatic N) is 3. The second-order valence-corrected chi connectivity index (χ2v) is 10.2. The van der Waals surface area contributed by atoms with E-state index in [-0.39, 0.29) is 5.69 Å². The number of benzene rings is 2. The lowest BCUT2D eigenvalue weighted by Crippen LogP contribution is -2.26. The Morgan fingerprint density at radius 1 is 0.925 bits per heavy atom. The highest BCUT2D eigenvalue weighted by atomic mass is 35.5. The fourth-order valence-electron chi connectivity index (χ4n) is 4.68. The van der Waals surface area contributed by atoms with Gasteiger partial charge in [0.15, 0.2) is 0 Å². The van der Waals surface area contributed by atoms with E-state index in [1.807, 2.05) is 68.6 Å². The number of hydrogen-bond acceptors (Lipinski definition) is 5. The summed E-state index contributed by atoms with van der Waals surface area (Å²) in [6, 6.07) is 26.4. The molecule has 2 N–H and O–H groups in total. The topological polar surface area (TPSA) is 78.7 Å². The third-order valence-electron chi connectivity index (χ3n) is 6.63. The summed E-state index contributed by atoms with van der Waals surface area (Å²) in [5.41, 5.74) is 6.16. The third-order valence-corrected chi connectivity index (χ3v) is 6.86. The highest BCUT2D eigenvalue weighted by Crippen LogP contribution is 2.29. The number of fused-ring (bicyclic) bond motifs is 1. The summed E-state index contributed by atoms with van der Waals surface area (Å²) in [5.74, 6) is -0.428. The Hall–Kier alpha value is -4.62. The van der Waals surface area contributed by atoms with Crippen molar-refractivity contribution in [2.75, 3.05) is 35.7 Å². The number of nitrogens with one attached hydrogen (secondary N) is 2. The number of rotatable bonds is 9.